The Morgan fingerprint density at radius 1 is 0.914 bits per heavy atom. The first-order valence-corrected chi connectivity index (χ1v) is 11.9. The molecule has 3 aromatic heterocycles. The fourth-order valence-electron chi connectivity index (χ4n) is 4.10. The molecule has 0 saturated carbocycles. The van der Waals surface area contributed by atoms with Crippen LogP contribution in [0.15, 0.2) is 30.6 Å². The van der Waals surface area contributed by atoms with Gasteiger partial charge >= 0.3 is 6.09 Å². The van der Waals surface area contributed by atoms with Crippen molar-refractivity contribution in [1.29, 1.82) is 0 Å². The highest BCUT2D eigenvalue weighted by Gasteiger charge is 2.27. The smallest absolute Gasteiger partial charge is 0.410 e. The maximum Gasteiger partial charge on any atom is 0.410 e. The minimum atomic E-state index is -0.513. The molecule has 11 nitrogen and oxygen atoms in total. The second kappa shape index (κ2) is 9.57. The lowest BCUT2D eigenvalue weighted by molar-refractivity contribution is 0.0240. The highest BCUT2D eigenvalue weighted by molar-refractivity contribution is 5.87. The van der Waals surface area contributed by atoms with Gasteiger partial charge in [-0.3, -0.25) is 4.98 Å². The van der Waals surface area contributed by atoms with Crippen LogP contribution in [0.25, 0.3) is 22.6 Å². The molecule has 0 radical (unpaired) electrons. The Hall–Kier alpha value is -3.60. The van der Waals surface area contributed by atoms with Crippen LogP contribution in [0.3, 0.4) is 0 Å². The average molecular weight is 479 g/mol. The van der Waals surface area contributed by atoms with Crippen molar-refractivity contribution in [2.75, 3.05) is 62.3 Å². The van der Waals surface area contributed by atoms with Crippen LogP contribution in [0.2, 0.25) is 0 Å². The minimum absolute atomic E-state index is 0.291. The van der Waals surface area contributed by atoms with E-state index >= 15 is 0 Å². The van der Waals surface area contributed by atoms with Gasteiger partial charge in [-0.05, 0) is 39.0 Å². The van der Waals surface area contributed by atoms with E-state index in [1.54, 1.807) is 17.3 Å². The number of morpholine rings is 1. The number of amides is 1. The molecule has 2 aliphatic rings. The molecule has 35 heavy (non-hydrogen) atoms. The maximum atomic E-state index is 12.4. The molecule has 5 rings (SSSR count). The summed E-state index contributed by atoms with van der Waals surface area (Å²) in [5.41, 5.74) is 1.67. The Balaban J connectivity index is 1.38. The molecule has 0 spiro atoms. The summed E-state index contributed by atoms with van der Waals surface area (Å²) in [7, 11) is 0. The quantitative estimate of drug-likeness (QED) is 0.556. The fraction of sp³-hybridized carbons (Fsp3) is 0.500. The van der Waals surface area contributed by atoms with Crippen LogP contribution >= 0.6 is 0 Å². The predicted octanol–water partition coefficient (Wildman–Crippen LogP) is 2.38. The Morgan fingerprint density at radius 2 is 1.69 bits per heavy atom. The van der Waals surface area contributed by atoms with Crippen molar-refractivity contribution >= 4 is 28.9 Å². The van der Waals surface area contributed by atoms with Gasteiger partial charge in [-0.1, -0.05) is 0 Å². The van der Waals surface area contributed by atoms with Gasteiger partial charge in [0.2, 0.25) is 5.95 Å². The average Bonchev–Trinajstić information content (AvgIpc) is 2.88. The molecule has 0 aromatic carbocycles. The number of fused-ring (bicyclic) bond motifs is 1. The maximum absolute atomic E-state index is 12.4. The number of piperazine rings is 1. The zero-order valence-corrected chi connectivity index (χ0v) is 20.3. The molecule has 1 amide bonds. The third-order valence-electron chi connectivity index (χ3n) is 5.83. The van der Waals surface area contributed by atoms with Gasteiger partial charge in [-0.2, -0.15) is 0 Å². The third-order valence-corrected chi connectivity index (χ3v) is 5.83. The van der Waals surface area contributed by atoms with Crippen LogP contribution in [-0.2, 0) is 9.47 Å². The van der Waals surface area contributed by atoms with Gasteiger partial charge in [0.05, 0.1) is 18.7 Å². The SMILES string of the molecule is CC(C)(C)OC(=O)N1CCN(c2nccc(-c3nc(N4CCOCC4)c4ncccc4n3)n2)CC1. The Kier molecular flexibility index (Phi) is 6.33. The molecule has 11 heteroatoms. The van der Waals surface area contributed by atoms with Crippen molar-refractivity contribution in [1.82, 2.24) is 29.8 Å². The van der Waals surface area contributed by atoms with Crippen LogP contribution in [0.5, 0.6) is 0 Å². The van der Waals surface area contributed by atoms with E-state index in [-0.39, 0.29) is 6.09 Å². The van der Waals surface area contributed by atoms with Crippen LogP contribution in [-0.4, -0.2) is 94.0 Å². The zero-order valence-electron chi connectivity index (χ0n) is 20.3. The molecule has 2 fully saturated rings. The number of carbonyl (C=O) groups excluding carboxylic acids is 1. The number of hydrogen-bond acceptors (Lipinski definition) is 10. The highest BCUT2D eigenvalue weighted by Crippen LogP contribution is 2.26. The molecule has 3 aromatic rings. The topological polar surface area (TPSA) is 110 Å². The molecule has 0 N–H and O–H groups in total. The van der Waals surface area contributed by atoms with Crippen LogP contribution < -0.4 is 9.80 Å². The van der Waals surface area contributed by atoms with Gasteiger partial charge in [0.15, 0.2) is 11.6 Å². The van der Waals surface area contributed by atoms with Crippen molar-refractivity contribution in [2.45, 2.75) is 26.4 Å². The van der Waals surface area contributed by atoms with Gasteiger partial charge in [0.1, 0.15) is 16.8 Å². The summed E-state index contributed by atoms with van der Waals surface area (Å²) < 4.78 is 11.0. The van der Waals surface area contributed by atoms with E-state index in [4.69, 9.17) is 24.4 Å². The van der Waals surface area contributed by atoms with E-state index in [2.05, 4.69) is 19.8 Å². The molecule has 0 bridgehead atoms. The van der Waals surface area contributed by atoms with Gasteiger partial charge in [-0.15, -0.1) is 0 Å². The van der Waals surface area contributed by atoms with Gasteiger partial charge in [0, 0.05) is 51.7 Å². The zero-order chi connectivity index (χ0) is 24.4. The molecule has 0 atom stereocenters. The highest BCUT2D eigenvalue weighted by atomic mass is 16.6. The lowest BCUT2D eigenvalue weighted by Gasteiger charge is -2.35. The van der Waals surface area contributed by atoms with Gasteiger partial charge in [-0.25, -0.2) is 24.7 Å². The van der Waals surface area contributed by atoms with E-state index in [1.165, 1.54) is 0 Å². The number of aromatic nitrogens is 5. The Morgan fingerprint density at radius 3 is 2.43 bits per heavy atom. The number of hydrogen-bond donors (Lipinski definition) is 0. The van der Waals surface area contributed by atoms with Crippen molar-refractivity contribution < 1.29 is 14.3 Å². The number of anilines is 2. The number of nitrogens with zero attached hydrogens (tertiary/aromatic N) is 8. The monoisotopic (exact) mass is 478 g/mol. The second-order valence-electron chi connectivity index (χ2n) is 9.54. The first kappa shape index (κ1) is 23.2. The minimum Gasteiger partial charge on any atom is -0.444 e. The van der Waals surface area contributed by atoms with Gasteiger partial charge in [0.25, 0.3) is 0 Å². The third kappa shape index (κ3) is 5.24. The van der Waals surface area contributed by atoms with E-state index in [0.717, 1.165) is 29.9 Å². The predicted molar refractivity (Wildman–Crippen MR) is 131 cm³/mol. The van der Waals surface area contributed by atoms with E-state index in [0.29, 0.717) is 56.9 Å². The molecule has 2 saturated heterocycles. The van der Waals surface area contributed by atoms with Gasteiger partial charge < -0.3 is 24.2 Å². The summed E-state index contributed by atoms with van der Waals surface area (Å²) in [4.78, 5) is 41.8. The van der Waals surface area contributed by atoms with E-state index in [1.807, 2.05) is 39.0 Å². The normalized spacial score (nSPS) is 17.1. The fourth-order valence-corrected chi connectivity index (χ4v) is 4.10. The van der Waals surface area contributed by atoms with Crippen LogP contribution in [0, 0.1) is 0 Å². The van der Waals surface area contributed by atoms with Crippen molar-refractivity contribution in [3.05, 3.63) is 30.6 Å². The second-order valence-corrected chi connectivity index (χ2v) is 9.54. The standard InChI is InChI=1S/C24H30N8O3/c1-24(2,3)35-23(33)32-11-9-31(10-12-32)22-26-8-6-18(28-22)20-27-17-5-4-7-25-19(17)21(29-20)30-13-15-34-16-14-30/h4-8H,9-16H2,1-3H3. The lowest BCUT2D eigenvalue weighted by atomic mass is 10.2. The molecular weight excluding hydrogens is 448 g/mol. The number of ether oxygens (including phenoxy) is 2. The summed E-state index contributed by atoms with van der Waals surface area (Å²) in [6.45, 7) is 10.7. The largest absolute Gasteiger partial charge is 0.444 e. The summed E-state index contributed by atoms with van der Waals surface area (Å²) in [5, 5.41) is 0. The summed E-state index contributed by atoms with van der Waals surface area (Å²) in [6.07, 6.45) is 3.19. The number of carbonyl (C=O) groups is 1. The molecule has 184 valence electrons. The Labute approximate surface area is 204 Å². The van der Waals surface area contributed by atoms with Crippen molar-refractivity contribution in [2.24, 2.45) is 0 Å². The van der Waals surface area contributed by atoms with E-state index < -0.39 is 5.60 Å². The van der Waals surface area contributed by atoms with Crippen LogP contribution in [0.4, 0.5) is 16.6 Å². The molecule has 0 unspecified atom stereocenters. The molecule has 5 heterocycles. The lowest BCUT2D eigenvalue weighted by Crippen LogP contribution is -2.50. The molecule has 0 aliphatic carbocycles. The first-order valence-electron chi connectivity index (χ1n) is 11.9. The first-order chi connectivity index (χ1) is 16.9. The Bertz CT molecular complexity index is 1200. The van der Waals surface area contributed by atoms with E-state index in [9.17, 15) is 4.79 Å². The summed E-state index contributed by atoms with van der Waals surface area (Å²) >= 11 is 0. The molecular formula is C24H30N8O3. The number of rotatable bonds is 3. The van der Waals surface area contributed by atoms with Crippen molar-refractivity contribution in [3.63, 3.8) is 0 Å². The van der Waals surface area contributed by atoms with Crippen molar-refractivity contribution in [3.8, 4) is 11.5 Å². The summed E-state index contributed by atoms with van der Waals surface area (Å²) in [5.74, 6) is 1.91. The van der Waals surface area contributed by atoms with Crippen LogP contribution in [0.1, 0.15) is 20.8 Å². The number of pyridine rings is 1. The summed E-state index contributed by atoms with van der Waals surface area (Å²) in [6, 6.07) is 5.63. The molecule has 2 aliphatic heterocycles.